The molecular formula is C13H18F5NS. The van der Waals surface area contributed by atoms with Gasteiger partial charge in [-0.2, -0.15) is 22.0 Å². The quantitative estimate of drug-likeness (QED) is 0.780. The van der Waals surface area contributed by atoms with E-state index in [9.17, 15) is 22.0 Å². The smallest absolute Gasteiger partial charge is 0.304 e. The lowest BCUT2D eigenvalue weighted by Crippen LogP contribution is -2.47. The molecule has 0 radical (unpaired) electrons. The summed E-state index contributed by atoms with van der Waals surface area (Å²) in [6.45, 7) is 7.17. The van der Waals surface area contributed by atoms with Gasteiger partial charge in [0, 0.05) is 9.75 Å². The van der Waals surface area contributed by atoms with Gasteiger partial charge >= 0.3 is 12.1 Å². The Labute approximate surface area is 119 Å². The van der Waals surface area contributed by atoms with E-state index in [1.807, 2.05) is 20.8 Å². The van der Waals surface area contributed by atoms with Crippen LogP contribution in [0.4, 0.5) is 22.0 Å². The molecule has 1 rings (SSSR count). The fourth-order valence-corrected chi connectivity index (χ4v) is 2.87. The minimum Gasteiger partial charge on any atom is -0.304 e. The molecular weight excluding hydrogens is 297 g/mol. The standard InChI is InChI=1S/C13H18F5NS/c1-5-19-10(12(14,15)13(16,17)18)8-6-7-9(20-8)11(2,3)4/h6-7,10,19H,5H2,1-4H3. The van der Waals surface area contributed by atoms with Crippen LogP contribution in [0, 0.1) is 0 Å². The average molecular weight is 315 g/mol. The summed E-state index contributed by atoms with van der Waals surface area (Å²) in [5.74, 6) is -4.80. The summed E-state index contributed by atoms with van der Waals surface area (Å²) in [6.07, 6.45) is -5.58. The van der Waals surface area contributed by atoms with Gasteiger partial charge < -0.3 is 5.32 Å². The third-order valence-electron chi connectivity index (χ3n) is 2.80. The zero-order valence-corrected chi connectivity index (χ0v) is 12.6. The Hall–Kier alpha value is -0.690. The van der Waals surface area contributed by atoms with Crippen LogP contribution in [0.2, 0.25) is 0 Å². The summed E-state index contributed by atoms with van der Waals surface area (Å²) in [5, 5.41) is 2.25. The third-order valence-corrected chi connectivity index (χ3v) is 4.38. The molecule has 0 aliphatic rings. The van der Waals surface area contributed by atoms with E-state index in [0.717, 1.165) is 16.2 Å². The van der Waals surface area contributed by atoms with Gasteiger partial charge in [0.2, 0.25) is 0 Å². The third kappa shape index (κ3) is 3.49. The molecule has 0 aliphatic heterocycles. The van der Waals surface area contributed by atoms with Crippen LogP contribution < -0.4 is 5.32 Å². The van der Waals surface area contributed by atoms with Crippen molar-refractivity contribution in [3.8, 4) is 0 Å². The molecule has 0 aliphatic carbocycles. The maximum Gasteiger partial charge on any atom is 0.455 e. The molecule has 1 N–H and O–H groups in total. The van der Waals surface area contributed by atoms with Gasteiger partial charge in [-0.25, -0.2) is 0 Å². The highest BCUT2D eigenvalue weighted by molar-refractivity contribution is 7.12. The summed E-state index contributed by atoms with van der Waals surface area (Å²) in [4.78, 5) is 0.771. The predicted molar refractivity (Wildman–Crippen MR) is 70.4 cm³/mol. The van der Waals surface area contributed by atoms with Crippen LogP contribution in [0.5, 0.6) is 0 Å². The van der Waals surface area contributed by atoms with Crippen molar-refractivity contribution in [1.29, 1.82) is 0 Å². The monoisotopic (exact) mass is 315 g/mol. The maximum absolute atomic E-state index is 13.6. The summed E-state index contributed by atoms with van der Waals surface area (Å²) < 4.78 is 64.8. The van der Waals surface area contributed by atoms with Crippen LogP contribution in [-0.2, 0) is 5.41 Å². The van der Waals surface area contributed by atoms with E-state index >= 15 is 0 Å². The number of nitrogens with one attached hydrogen (secondary N) is 1. The van der Waals surface area contributed by atoms with E-state index in [2.05, 4.69) is 5.32 Å². The Kier molecular flexibility index (Phi) is 4.86. The molecule has 1 aromatic heterocycles. The van der Waals surface area contributed by atoms with Crippen molar-refractivity contribution in [3.05, 3.63) is 21.9 Å². The fraction of sp³-hybridized carbons (Fsp3) is 0.692. The van der Waals surface area contributed by atoms with Crippen molar-refractivity contribution in [2.75, 3.05) is 6.54 Å². The van der Waals surface area contributed by atoms with E-state index in [-0.39, 0.29) is 16.8 Å². The predicted octanol–water partition coefficient (Wildman–Crippen LogP) is 4.89. The zero-order valence-electron chi connectivity index (χ0n) is 11.7. The van der Waals surface area contributed by atoms with Crippen LogP contribution in [0.1, 0.15) is 43.5 Å². The molecule has 1 aromatic rings. The highest BCUT2D eigenvalue weighted by Gasteiger charge is 2.62. The van der Waals surface area contributed by atoms with Crippen LogP contribution >= 0.6 is 11.3 Å². The number of hydrogen-bond acceptors (Lipinski definition) is 2. The Bertz CT molecular complexity index is 444. The van der Waals surface area contributed by atoms with Crippen LogP contribution in [0.25, 0.3) is 0 Å². The molecule has 0 bridgehead atoms. The molecule has 7 heteroatoms. The van der Waals surface area contributed by atoms with E-state index < -0.39 is 18.1 Å². The Morgan fingerprint density at radius 2 is 1.65 bits per heavy atom. The lowest BCUT2D eigenvalue weighted by atomic mass is 9.95. The zero-order chi connectivity index (χ0) is 15.8. The molecule has 1 heterocycles. The molecule has 0 spiro atoms. The van der Waals surface area contributed by atoms with Gasteiger partial charge in [0.15, 0.2) is 0 Å². The van der Waals surface area contributed by atoms with Gasteiger partial charge in [-0.1, -0.05) is 27.7 Å². The maximum atomic E-state index is 13.6. The van der Waals surface area contributed by atoms with Crippen molar-refractivity contribution in [2.45, 2.75) is 51.3 Å². The van der Waals surface area contributed by atoms with Gasteiger partial charge in [-0.05, 0) is 24.1 Å². The highest BCUT2D eigenvalue weighted by atomic mass is 32.1. The molecule has 0 fully saturated rings. The summed E-state index contributed by atoms with van der Waals surface area (Å²) in [6, 6.07) is 0.906. The number of halogens is 5. The lowest BCUT2D eigenvalue weighted by molar-refractivity contribution is -0.294. The minimum atomic E-state index is -5.58. The van der Waals surface area contributed by atoms with E-state index in [0.29, 0.717) is 0 Å². The summed E-state index contributed by atoms with van der Waals surface area (Å²) in [7, 11) is 0. The molecule has 1 unspecified atom stereocenters. The SMILES string of the molecule is CCNC(c1ccc(C(C)(C)C)s1)C(F)(F)C(F)(F)F. The molecule has 0 saturated carbocycles. The second-order valence-electron chi connectivity index (χ2n) is 5.56. The van der Waals surface area contributed by atoms with Crippen LogP contribution in [0.15, 0.2) is 12.1 Å². The number of rotatable bonds is 4. The first-order valence-electron chi connectivity index (χ1n) is 6.19. The van der Waals surface area contributed by atoms with Gasteiger partial charge in [0.25, 0.3) is 0 Å². The largest absolute Gasteiger partial charge is 0.455 e. The van der Waals surface area contributed by atoms with Crippen molar-refractivity contribution < 1.29 is 22.0 Å². The number of alkyl halides is 5. The Balaban J connectivity index is 3.18. The topological polar surface area (TPSA) is 12.0 Å². The number of hydrogen-bond donors (Lipinski definition) is 1. The first kappa shape index (κ1) is 17.4. The number of thiophene rings is 1. The fourth-order valence-electron chi connectivity index (χ4n) is 1.69. The summed E-state index contributed by atoms with van der Waals surface area (Å²) >= 11 is 0.988. The van der Waals surface area contributed by atoms with Gasteiger partial charge in [0.1, 0.15) is 6.04 Å². The first-order valence-corrected chi connectivity index (χ1v) is 7.01. The molecule has 0 amide bonds. The van der Waals surface area contributed by atoms with E-state index in [4.69, 9.17) is 0 Å². The van der Waals surface area contributed by atoms with Crippen molar-refractivity contribution in [1.82, 2.24) is 5.32 Å². The average Bonchev–Trinajstić information content (AvgIpc) is 2.72. The molecule has 1 atom stereocenters. The molecule has 0 saturated heterocycles. The van der Waals surface area contributed by atoms with Crippen LogP contribution in [-0.4, -0.2) is 18.6 Å². The van der Waals surface area contributed by atoms with Gasteiger partial charge in [-0.3, -0.25) is 0 Å². The first-order chi connectivity index (χ1) is 8.91. The van der Waals surface area contributed by atoms with E-state index in [1.54, 1.807) is 6.07 Å². The second-order valence-corrected chi connectivity index (χ2v) is 6.68. The normalized spacial score (nSPS) is 15.4. The van der Waals surface area contributed by atoms with Crippen molar-refractivity contribution in [2.24, 2.45) is 0 Å². The van der Waals surface area contributed by atoms with E-state index in [1.165, 1.54) is 13.0 Å². The second kappa shape index (κ2) is 5.60. The lowest BCUT2D eigenvalue weighted by Gasteiger charge is -2.28. The van der Waals surface area contributed by atoms with Gasteiger partial charge in [0.05, 0.1) is 0 Å². The molecule has 0 aromatic carbocycles. The van der Waals surface area contributed by atoms with Crippen molar-refractivity contribution in [3.63, 3.8) is 0 Å². The molecule has 116 valence electrons. The highest BCUT2D eigenvalue weighted by Crippen LogP contribution is 2.46. The Morgan fingerprint density at radius 1 is 1.10 bits per heavy atom. The summed E-state index contributed by atoms with van der Waals surface area (Å²) in [5.41, 5.74) is -0.285. The Morgan fingerprint density at radius 3 is 2.00 bits per heavy atom. The van der Waals surface area contributed by atoms with Gasteiger partial charge in [-0.15, -0.1) is 11.3 Å². The molecule has 1 nitrogen and oxygen atoms in total. The van der Waals surface area contributed by atoms with Crippen LogP contribution in [0.3, 0.4) is 0 Å². The van der Waals surface area contributed by atoms with Crippen molar-refractivity contribution >= 4 is 11.3 Å². The molecule has 20 heavy (non-hydrogen) atoms. The minimum absolute atomic E-state index is 0.000833.